The Labute approximate surface area is 158 Å². The number of aryl methyl sites for hydroxylation is 1. The van der Waals surface area contributed by atoms with E-state index in [0.29, 0.717) is 6.07 Å². The number of halogens is 4. The zero-order valence-electron chi connectivity index (χ0n) is 14.5. The third-order valence-electron chi connectivity index (χ3n) is 4.09. The van der Waals surface area contributed by atoms with Crippen LogP contribution in [0.25, 0.3) is 0 Å². The smallest absolute Gasteiger partial charge is 0.336 e. The molecule has 0 amide bonds. The van der Waals surface area contributed by atoms with Gasteiger partial charge in [0.15, 0.2) is 0 Å². The van der Waals surface area contributed by atoms with Crippen LogP contribution in [0.2, 0.25) is 0 Å². The summed E-state index contributed by atoms with van der Waals surface area (Å²) >= 11 is 0. The second kappa shape index (κ2) is 7.36. The maximum absolute atomic E-state index is 14.4. The lowest BCUT2D eigenvalue weighted by Gasteiger charge is -2.21. The minimum Gasteiger partial charge on any atom is -0.336 e. The molecule has 1 N–H and O–H groups in total. The van der Waals surface area contributed by atoms with E-state index in [9.17, 15) is 26.0 Å². The minimum absolute atomic E-state index is 0.0649. The molecule has 1 atom stereocenters. The Kier molecular flexibility index (Phi) is 5.26. The number of benzene rings is 2. The van der Waals surface area contributed by atoms with Crippen molar-refractivity contribution in [1.82, 2.24) is 14.3 Å². The first kappa shape index (κ1) is 20.0. The molecule has 3 aromatic rings. The quantitative estimate of drug-likeness (QED) is 0.650. The monoisotopic (exact) mass is 413 g/mol. The van der Waals surface area contributed by atoms with Gasteiger partial charge in [-0.25, -0.2) is 17.8 Å². The van der Waals surface area contributed by atoms with Crippen LogP contribution in [0.4, 0.5) is 17.6 Å². The zero-order chi connectivity index (χ0) is 20.5. The topological polar surface area (TPSA) is 64.0 Å². The third-order valence-corrected chi connectivity index (χ3v) is 5.57. The van der Waals surface area contributed by atoms with E-state index in [1.165, 1.54) is 41.2 Å². The van der Waals surface area contributed by atoms with Crippen LogP contribution in [-0.4, -0.2) is 18.0 Å². The summed E-state index contributed by atoms with van der Waals surface area (Å²) < 4.78 is 83.5. The summed E-state index contributed by atoms with van der Waals surface area (Å²) in [6.07, 6.45) is -1.98. The van der Waals surface area contributed by atoms with Crippen LogP contribution in [0.5, 0.6) is 0 Å². The van der Waals surface area contributed by atoms with Gasteiger partial charge in [0.05, 0.1) is 10.5 Å². The van der Waals surface area contributed by atoms with Gasteiger partial charge in [-0.2, -0.15) is 17.9 Å². The highest BCUT2D eigenvalue weighted by atomic mass is 32.2. The van der Waals surface area contributed by atoms with Gasteiger partial charge in [-0.1, -0.05) is 30.3 Å². The SMILES string of the molecule is Cn1ccnc1C(NS(=O)(=O)c1ccccc1C(F)(F)F)c1ccccc1F. The van der Waals surface area contributed by atoms with Gasteiger partial charge in [-0.3, -0.25) is 0 Å². The molecule has 0 aliphatic carbocycles. The van der Waals surface area contributed by atoms with Gasteiger partial charge >= 0.3 is 6.18 Å². The molecule has 5 nitrogen and oxygen atoms in total. The Hall–Kier alpha value is -2.72. The molecule has 2 aromatic carbocycles. The predicted octanol–water partition coefficient (Wildman–Crippen LogP) is 3.65. The van der Waals surface area contributed by atoms with Crippen molar-refractivity contribution in [3.05, 3.63) is 83.7 Å². The van der Waals surface area contributed by atoms with Gasteiger partial charge < -0.3 is 4.57 Å². The zero-order valence-corrected chi connectivity index (χ0v) is 15.3. The average molecular weight is 413 g/mol. The molecule has 0 spiro atoms. The molecular formula is C18H15F4N3O2S. The molecule has 3 rings (SSSR count). The van der Waals surface area contributed by atoms with E-state index in [0.717, 1.165) is 18.2 Å². The van der Waals surface area contributed by atoms with Crippen molar-refractivity contribution >= 4 is 10.0 Å². The van der Waals surface area contributed by atoms with Crippen LogP contribution in [0, 0.1) is 5.82 Å². The number of imidazole rings is 1. The van der Waals surface area contributed by atoms with Gasteiger partial charge in [-0.05, 0) is 18.2 Å². The van der Waals surface area contributed by atoms with Crippen LogP contribution in [0.15, 0.2) is 65.8 Å². The Bertz CT molecular complexity index is 1090. The van der Waals surface area contributed by atoms with Crippen molar-refractivity contribution in [3.63, 3.8) is 0 Å². The molecule has 1 aromatic heterocycles. The summed E-state index contributed by atoms with van der Waals surface area (Å²) in [7, 11) is -3.11. The largest absolute Gasteiger partial charge is 0.417 e. The van der Waals surface area contributed by atoms with Crippen molar-refractivity contribution < 1.29 is 26.0 Å². The van der Waals surface area contributed by atoms with Gasteiger partial charge in [0.2, 0.25) is 10.0 Å². The predicted molar refractivity (Wildman–Crippen MR) is 93.2 cm³/mol. The first-order valence-corrected chi connectivity index (χ1v) is 9.50. The van der Waals surface area contributed by atoms with E-state index >= 15 is 0 Å². The molecule has 0 aliphatic rings. The fraction of sp³-hybridized carbons (Fsp3) is 0.167. The lowest BCUT2D eigenvalue weighted by atomic mass is 10.1. The van der Waals surface area contributed by atoms with Crippen molar-refractivity contribution in [3.8, 4) is 0 Å². The summed E-state index contributed by atoms with van der Waals surface area (Å²) in [5.74, 6) is -0.597. The number of rotatable bonds is 5. The summed E-state index contributed by atoms with van der Waals surface area (Å²) in [6, 6.07) is 7.85. The van der Waals surface area contributed by atoms with Crippen molar-refractivity contribution in [2.75, 3.05) is 0 Å². The van der Waals surface area contributed by atoms with Crippen LogP contribution in [-0.2, 0) is 23.2 Å². The fourth-order valence-corrected chi connectivity index (χ4v) is 4.17. The van der Waals surface area contributed by atoms with Gasteiger partial charge in [0, 0.05) is 25.0 Å². The van der Waals surface area contributed by atoms with E-state index < -0.39 is 38.5 Å². The Morgan fingerprint density at radius 2 is 1.71 bits per heavy atom. The molecule has 10 heteroatoms. The first-order valence-electron chi connectivity index (χ1n) is 8.01. The second-order valence-corrected chi connectivity index (χ2v) is 7.65. The van der Waals surface area contributed by atoms with Gasteiger partial charge in [0.1, 0.15) is 17.7 Å². The van der Waals surface area contributed by atoms with Gasteiger partial charge in [-0.15, -0.1) is 0 Å². The fourth-order valence-electron chi connectivity index (χ4n) is 2.77. The lowest BCUT2D eigenvalue weighted by Crippen LogP contribution is -2.33. The maximum Gasteiger partial charge on any atom is 0.417 e. The van der Waals surface area contributed by atoms with Crippen LogP contribution in [0.3, 0.4) is 0 Å². The Balaban J connectivity index is 2.12. The number of alkyl halides is 3. The van der Waals surface area contributed by atoms with Crippen LogP contribution < -0.4 is 4.72 Å². The highest BCUT2D eigenvalue weighted by molar-refractivity contribution is 7.89. The number of sulfonamides is 1. The molecule has 0 saturated heterocycles. The van der Waals surface area contributed by atoms with Gasteiger partial charge in [0.25, 0.3) is 0 Å². The molecule has 1 unspecified atom stereocenters. The maximum atomic E-state index is 14.4. The summed E-state index contributed by atoms with van der Waals surface area (Å²) in [5.41, 5.74) is -1.38. The molecule has 28 heavy (non-hydrogen) atoms. The van der Waals surface area contributed by atoms with E-state index in [2.05, 4.69) is 9.71 Å². The number of hydrogen-bond donors (Lipinski definition) is 1. The lowest BCUT2D eigenvalue weighted by molar-refractivity contribution is -0.139. The van der Waals surface area contributed by atoms with E-state index in [4.69, 9.17) is 0 Å². The normalized spacial score (nSPS) is 13.5. The van der Waals surface area contributed by atoms with Crippen molar-refractivity contribution in [1.29, 1.82) is 0 Å². The van der Waals surface area contributed by atoms with E-state index in [-0.39, 0.29) is 11.4 Å². The Morgan fingerprint density at radius 3 is 2.32 bits per heavy atom. The molecule has 0 saturated carbocycles. The number of aromatic nitrogens is 2. The molecular weight excluding hydrogens is 398 g/mol. The number of nitrogens with one attached hydrogen (secondary N) is 1. The third kappa shape index (κ3) is 3.92. The summed E-state index contributed by atoms with van der Waals surface area (Å²) in [4.78, 5) is 3.08. The minimum atomic E-state index is -4.87. The van der Waals surface area contributed by atoms with Crippen LogP contribution >= 0.6 is 0 Å². The summed E-state index contributed by atoms with van der Waals surface area (Å²) in [5, 5.41) is 0. The first-order chi connectivity index (χ1) is 13.1. The van der Waals surface area contributed by atoms with Crippen molar-refractivity contribution in [2.45, 2.75) is 17.1 Å². The second-order valence-electron chi connectivity index (χ2n) is 5.97. The highest BCUT2D eigenvalue weighted by Crippen LogP contribution is 2.35. The van der Waals surface area contributed by atoms with E-state index in [1.807, 2.05) is 0 Å². The van der Waals surface area contributed by atoms with Crippen molar-refractivity contribution in [2.24, 2.45) is 7.05 Å². The highest BCUT2D eigenvalue weighted by Gasteiger charge is 2.38. The molecule has 1 heterocycles. The molecule has 0 aliphatic heterocycles. The number of nitrogens with zero attached hydrogens (tertiary/aromatic N) is 2. The number of hydrogen-bond acceptors (Lipinski definition) is 3. The standard InChI is InChI=1S/C18H15F4N3O2S/c1-25-11-10-23-17(25)16(12-6-2-4-8-14(12)19)24-28(26,27)15-9-5-3-7-13(15)18(20,21)22/h2-11,16,24H,1H3. The summed E-state index contributed by atoms with van der Waals surface area (Å²) in [6.45, 7) is 0. The molecule has 0 bridgehead atoms. The van der Waals surface area contributed by atoms with E-state index in [1.54, 1.807) is 7.05 Å². The van der Waals surface area contributed by atoms with Crippen LogP contribution in [0.1, 0.15) is 23.0 Å². The molecule has 148 valence electrons. The molecule has 0 radical (unpaired) electrons. The Morgan fingerprint density at radius 1 is 1.07 bits per heavy atom. The molecule has 0 fully saturated rings. The average Bonchev–Trinajstić information content (AvgIpc) is 3.05.